The molecule has 1 atom stereocenters. The summed E-state index contributed by atoms with van der Waals surface area (Å²) in [6, 6.07) is 15.4. The predicted molar refractivity (Wildman–Crippen MR) is 116 cm³/mol. The van der Waals surface area contributed by atoms with E-state index < -0.39 is 0 Å². The number of nitrogens with one attached hydrogen (secondary N) is 1. The van der Waals surface area contributed by atoms with Crippen LogP contribution in [-0.4, -0.2) is 37.5 Å². The van der Waals surface area contributed by atoms with Gasteiger partial charge in [-0.1, -0.05) is 41.9 Å². The van der Waals surface area contributed by atoms with Gasteiger partial charge in [0.05, 0.1) is 6.42 Å². The molecule has 0 radical (unpaired) electrons. The standard InChI is InChI=1S/C22H27ClN2O2.ClH/c1-24-14-18-7-5-11-25(15-18)22(26)13-17-6-4-9-20(12-17)27-16-19-8-2-3-10-21(19)23;/h2-4,6,8-10,12,18,24H,5,7,11,13-16H2,1H3;1H. The van der Waals surface area contributed by atoms with Gasteiger partial charge < -0.3 is 15.0 Å². The second-order valence-corrected chi connectivity index (χ2v) is 7.52. The highest BCUT2D eigenvalue weighted by atomic mass is 35.5. The van der Waals surface area contributed by atoms with E-state index in [-0.39, 0.29) is 18.3 Å². The molecule has 1 amide bonds. The third kappa shape index (κ3) is 6.40. The first-order chi connectivity index (χ1) is 13.2. The first kappa shape index (κ1) is 22.5. The van der Waals surface area contributed by atoms with Gasteiger partial charge in [0.15, 0.2) is 0 Å². The second-order valence-electron chi connectivity index (χ2n) is 7.11. The van der Waals surface area contributed by atoms with Crippen LogP contribution in [-0.2, 0) is 17.8 Å². The van der Waals surface area contributed by atoms with Crippen LogP contribution in [0, 0.1) is 5.92 Å². The Bertz CT molecular complexity index is 768. The van der Waals surface area contributed by atoms with Gasteiger partial charge in [-0.3, -0.25) is 4.79 Å². The van der Waals surface area contributed by atoms with Crippen molar-refractivity contribution in [3.63, 3.8) is 0 Å². The molecule has 1 fully saturated rings. The molecule has 1 heterocycles. The SMILES string of the molecule is CNCC1CCCN(C(=O)Cc2cccc(OCc3ccccc3Cl)c2)C1.Cl. The zero-order valence-corrected chi connectivity index (χ0v) is 17.8. The number of hydrogen-bond donors (Lipinski definition) is 1. The molecule has 2 aromatic carbocycles. The van der Waals surface area contributed by atoms with E-state index in [1.165, 1.54) is 6.42 Å². The molecule has 0 saturated carbocycles. The van der Waals surface area contributed by atoms with Gasteiger partial charge in [0, 0.05) is 23.7 Å². The average molecular weight is 423 g/mol. The molecule has 28 heavy (non-hydrogen) atoms. The molecule has 1 aliphatic rings. The predicted octanol–water partition coefficient (Wildman–Crippen LogP) is 4.34. The zero-order chi connectivity index (χ0) is 19.1. The fourth-order valence-electron chi connectivity index (χ4n) is 3.56. The molecular formula is C22H28Cl2N2O2. The minimum atomic E-state index is 0. The Morgan fingerprint density at radius 3 is 2.86 bits per heavy atom. The molecule has 4 nitrogen and oxygen atoms in total. The lowest BCUT2D eigenvalue weighted by atomic mass is 9.97. The second kappa shape index (κ2) is 11.3. The minimum Gasteiger partial charge on any atom is -0.489 e. The molecule has 0 aromatic heterocycles. The Balaban J connectivity index is 0.00000280. The summed E-state index contributed by atoms with van der Waals surface area (Å²) in [5.41, 5.74) is 1.93. The number of amides is 1. The molecule has 3 rings (SSSR count). The fourth-order valence-corrected chi connectivity index (χ4v) is 3.75. The summed E-state index contributed by atoms with van der Waals surface area (Å²) < 4.78 is 5.87. The summed E-state index contributed by atoms with van der Waals surface area (Å²) in [5.74, 6) is 1.50. The fraction of sp³-hybridized carbons (Fsp3) is 0.409. The number of halogens is 2. The van der Waals surface area contributed by atoms with Crippen molar-refractivity contribution in [2.24, 2.45) is 5.92 Å². The summed E-state index contributed by atoms with van der Waals surface area (Å²) in [4.78, 5) is 14.7. The van der Waals surface area contributed by atoms with Crippen molar-refractivity contribution in [3.05, 3.63) is 64.7 Å². The third-order valence-corrected chi connectivity index (χ3v) is 5.34. The van der Waals surface area contributed by atoms with Crippen molar-refractivity contribution in [1.29, 1.82) is 0 Å². The summed E-state index contributed by atoms with van der Waals surface area (Å²) in [7, 11) is 1.97. The molecular weight excluding hydrogens is 395 g/mol. The maximum absolute atomic E-state index is 12.7. The van der Waals surface area contributed by atoms with Crippen molar-refractivity contribution in [2.45, 2.75) is 25.9 Å². The van der Waals surface area contributed by atoms with Crippen molar-refractivity contribution in [1.82, 2.24) is 10.2 Å². The lowest BCUT2D eigenvalue weighted by Gasteiger charge is -2.32. The maximum atomic E-state index is 12.7. The van der Waals surface area contributed by atoms with Gasteiger partial charge in [-0.25, -0.2) is 0 Å². The minimum absolute atomic E-state index is 0. The number of carbonyl (C=O) groups is 1. The number of ether oxygens (including phenoxy) is 1. The first-order valence-electron chi connectivity index (χ1n) is 9.53. The quantitative estimate of drug-likeness (QED) is 0.721. The third-order valence-electron chi connectivity index (χ3n) is 4.97. The van der Waals surface area contributed by atoms with E-state index in [2.05, 4.69) is 5.32 Å². The first-order valence-corrected chi connectivity index (χ1v) is 9.91. The van der Waals surface area contributed by atoms with E-state index in [1.54, 1.807) is 0 Å². The number of likely N-dealkylation sites (tertiary alicyclic amines) is 1. The van der Waals surface area contributed by atoms with Crippen LogP contribution >= 0.6 is 24.0 Å². The molecule has 1 aliphatic heterocycles. The molecule has 1 unspecified atom stereocenters. The highest BCUT2D eigenvalue weighted by molar-refractivity contribution is 6.31. The monoisotopic (exact) mass is 422 g/mol. The molecule has 152 valence electrons. The number of piperidine rings is 1. The van der Waals surface area contributed by atoms with Gasteiger partial charge in [-0.05, 0) is 56.1 Å². The molecule has 1 N–H and O–H groups in total. The number of carbonyl (C=O) groups excluding carboxylic acids is 1. The van der Waals surface area contributed by atoms with Crippen LogP contribution in [0.4, 0.5) is 0 Å². The summed E-state index contributed by atoms with van der Waals surface area (Å²) >= 11 is 6.18. The van der Waals surface area contributed by atoms with Crippen molar-refractivity contribution in [3.8, 4) is 5.75 Å². The van der Waals surface area contributed by atoms with Crippen LogP contribution < -0.4 is 10.1 Å². The summed E-state index contributed by atoms with van der Waals surface area (Å²) in [6.07, 6.45) is 2.69. The Morgan fingerprint density at radius 2 is 2.07 bits per heavy atom. The smallest absolute Gasteiger partial charge is 0.227 e. The van der Waals surface area contributed by atoms with Crippen LogP contribution in [0.15, 0.2) is 48.5 Å². The van der Waals surface area contributed by atoms with Crippen LogP contribution in [0.1, 0.15) is 24.0 Å². The Labute approximate surface area is 178 Å². The molecule has 0 aliphatic carbocycles. The van der Waals surface area contributed by atoms with E-state index in [9.17, 15) is 4.79 Å². The summed E-state index contributed by atoms with van der Waals surface area (Å²) in [5, 5.41) is 3.92. The molecule has 2 aromatic rings. The Morgan fingerprint density at radius 1 is 1.25 bits per heavy atom. The van der Waals surface area contributed by atoms with E-state index in [4.69, 9.17) is 16.3 Å². The van der Waals surface area contributed by atoms with Gasteiger partial charge >= 0.3 is 0 Å². The van der Waals surface area contributed by atoms with Gasteiger partial charge in [0.1, 0.15) is 12.4 Å². The van der Waals surface area contributed by atoms with Crippen molar-refractivity contribution < 1.29 is 9.53 Å². The van der Waals surface area contributed by atoms with Gasteiger partial charge in [-0.15, -0.1) is 12.4 Å². The lowest BCUT2D eigenvalue weighted by Crippen LogP contribution is -2.43. The van der Waals surface area contributed by atoms with E-state index in [0.29, 0.717) is 24.0 Å². The van der Waals surface area contributed by atoms with Gasteiger partial charge in [-0.2, -0.15) is 0 Å². The number of benzene rings is 2. The Hall–Kier alpha value is -1.75. The lowest BCUT2D eigenvalue weighted by molar-refractivity contribution is -0.132. The average Bonchev–Trinajstić information content (AvgIpc) is 2.68. The van der Waals surface area contributed by atoms with Crippen LogP contribution in [0.25, 0.3) is 0 Å². The van der Waals surface area contributed by atoms with Crippen LogP contribution in [0.2, 0.25) is 5.02 Å². The summed E-state index contributed by atoms with van der Waals surface area (Å²) in [6.45, 7) is 3.09. The van der Waals surface area contributed by atoms with Gasteiger partial charge in [0.2, 0.25) is 5.91 Å². The van der Waals surface area contributed by atoms with Crippen LogP contribution in [0.5, 0.6) is 5.75 Å². The van der Waals surface area contributed by atoms with Gasteiger partial charge in [0.25, 0.3) is 0 Å². The number of hydrogen-bond acceptors (Lipinski definition) is 3. The van der Waals surface area contributed by atoms with E-state index in [0.717, 1.165) is 42.9 Å². The molecule has 6 heteroatoms. The Kier molecular flexibility index (Phi) is 9.10. The molecule has 0 bridgehead atoms. The topological polar surface area (TPSA) is 41.6 Å². The number of rotatable bonds is 7. The number of nitrogens with zero attached hydrogens (tertiary/aromatic N) is 1. The maximum Gasteiger partial charge on any atom is 0.227 e. The van der Waals surface area contributed by atoms with E-state index >= 15 is 0 Å². The molecule has 1 saturated heterocycles. The highest BCUT2D eigenvalue weighted by Crippen LogP contribution is 2.21. The zero-order valence-electron chi connectivity index (χ0n) is 16.2. The van der Waals surface area contributed by atoms with E-state index in [1.807, 2.05) is 60.5 Å². The van der Waals surface area contributed by atoms with Crippen LogP contribution in [0.3, 0.4) is 0 Å². The molecule has 0 spiro atoms. The highest BCUT2D eigenvalue weighted by Gasteiger charge is 2.23. The van der Waals surface area contributed by atoms with Crippen molar-refractivity contribution in [2.75, 3.05) is 26.7 Å². The largest absolute Gasteiger partial charge is 0.489 e. The normalized spacial score (nSPS) is 16.4. The van der Waals surface area contributed by atoms with Crippen molar-refractivity contribution >= 4 is 29.9 Å².